The molecule has 0 aliphatic heterocycles. The molecule has 0 atom stereocenters. The summed E-state index contributed by atoms with van der Waals surface area (Å²) >= 11 is 0. The molecule has 65 heavy (non-hydrogen) atoms. The standard InChI is InChI=1S/C60H43N5/c1-3-5-19-39(4-2)59-61-54-30-16-17-31-55(54)65(59)45-25-18-24-43(36-45)57-62-56(41-22-10-7-11-23-41)63-58(64-57)44-33-35-49-48-34-32-42(40-20-8-6-9-21-40)37-52(48)60(53(49)38-44)50-28-14-12-26-46(50)47-27-13-15-29-51(47)60/h4-38H,3H2,1-2H3/b19-5-,39-4+. The summed E-state index contributed by atoms with van der Waals surface area (Å²) in [6.45, 7) is 4.22. The predicted molar refractivity (Wildman–Crippen MR) is 266 cm³/mol. The third kappa shape index (κ3) is 6.07. The van der Waals surface area contributed by atoms with Gasteiger partial charge in [0.15, 0.2) is 17.5 Å². The summed E-state index contributed by atoms with van der Waals surface area (Å²) in [5.41, 5.74) is 18.7. The third-order valence-electron chi connectivity index (χ3n) is 13.1. The number of nitrogens with zero attached hydrogens (tertiary/aromatic N) is 5. The average Bonchev–Trinajstić information content (AvgIpc) is 4.01. The molecule has 0 saturated heterocycles. The van der Waals surface area contributed by atoms with E-state index in [9.17, 15) is 0 Å². The van der Waals surface area contributed by atoms with Crippen molar-refractivity contribution in [1.82, 2.24) is 24.5 Å². The molecule has 0 unspecified atom stereocenters. The Morgan fingerprint density at radius 2 is 0.985 bits per heavy atom. The van der Waals surface area contributed by atoms with Crippen molar-refractivity contribution in [1.29, 1.82) is 0 Å². The molecule has 2 aliphatic rings. The van der Waals surface area contributed by atoms with Crippen molar-refractivity contribution in [2.24, 2.45) is 0 Å². The number of fused-ring (bicyclic) bond motifs is 11. The maximum atomic E-state index is 5.36. The Hall–Kier alpha value is -8.28. The number of rotatable bonds is 8. The van der Waals surface area contributed by atoms with Crippen molar-refractivity contribution in [2.75, 3.05) is 0 Å². The first-order valence-electron chi connectivity index (χ1n) is 22.4. The largest absolute Gasteiger partial charge is 0.292 e. The fraction of sp³-hybridized carbons (Fsp3) is 0.0667. The van der Waals surface area contributed by atoms with Crippen LogP contribution < -0.4 is 0 Å². The number of benzene rings is 8. The second-order valence-electron chi connectivity index (χ2n) is 16.8. The maximum absolute atomic E-state index is 5.36. The molecule has 0 fully saturated rings. The van der Waals surface area contributed by atoms with E-state index in [2.05, 4.69) is 207 Å². The Balaban J connectivity index is 1.06. The molecule has 12 rings (SSSR count). The van der Waals surface area contributed by atoms with Gasteiger partial charge in [-0.1, -0.05) is 183 Å². The minimum absolute atomic E-state index is 0.547. The lowest BCUT2D eigenvalue weighted by molar-refractivity contribution is 0.794. The normalized spacial score (nSPS) is 13.3. The maximum Gasteiger partial charge on any atom is 0.164 e. The summed E-state index contributed by atoms with van der Waals surface area (Å²) in [7, 11) is 0. The first kappa shape index (κ1) is 38.4. The Morgan fingerprint density at radius 1 is 0.462 bits per heavy atom. The molecule has 0 radical (unpaired) electrons. The molecular formula is C60H43N5. The van der Waals surface area contributed by atoms with Crippen LogP contribution >= 0.6 is 0 Å². The molecule has 2 heterocycles. The molecule has 308 valence electrons. The molecule has 5 heteroatoms. The molecule has 0 N–H and O–H groups in total. The predicted octanol–water partition coefficient (Wildman–Crippen LogP) is 14.6. The fourth-order valence-corrected chi connectivity index (χ4v) is 10.2. The summed E-state index contributed by atoms with van der Waals surface area (Å²) < 4.78 is 2.24. The van der Waals surface area contributed by atoms with Crippen LogP contribution in [-0.2, 0) is 5.41 Å². The van der Waals surface area contributed by atoms with Gasteiger partial charge < -0.3 is 0 Å². The second-order valence-corrected chi connectivity index (χ2v) is 16.8. The van der Waals surface area contributed by atoms with Gasteiger partial charge in [0.25, 0.3) is 0 Å². The molecule has 0 amide bonds. The van der Waals surface area contributed by atoms with Crippen LogP contribution in [0.3, 0.4) is 0 Å². The van der Waals surface area contributed by atoms with Crippen molar-refractivity contribution in [3.05, 3.63) is 240 Å². The number of allylic oxidation sites excluding steroid dienone is 4. The van der Waals surface area contributed by atoms with Gasteiger partial charge in [0.05, 0.1) is 16.4 Å². The van der Waals surface area contributed by atoms with Gasteiger partial charge in [-0.25, -0.2) is 19.9 Å². The van der Waals surface area contributed by atoms with Crippen LogP contribution in [0.2, 0.25) is 0 Å². The number of hydrogen-bond donors (Lipinski definition) is 0. The Kier molecular flexibility index (Phi) is 9.16. The Labute approximate surface area is 378 Å². The summed E-state index contributed by atoms with van der Waals surface area (Å²) in [5.74, 6) is 2.72. The van der Waals surface area contributed by atoms with Crippen LogP contribution in [0.25, 0.3) is 89.8 Å². The number of hydrogen-bond acceptors (Lipinski definition) is 4. The minimum Gasteiger partial charge on any atom is -0.292 e. The summed E-state index contributed by atoms with van der Waals surface area (Å²) in [6, 6.07) is 69.5. The second kappa shape index (κ2) is 15.5. The zero-order chi connectivity index (χ0) is 43.5. The molecular weight excluding hydrogens is 791 g/mol. The fourth-order valence-electron chi connectivity index (χ4n) is 10.2. The van der Waals surface area contributed by atoms with Gasteiger partial charge in [-0.05, 0) is 105 Å². The number of para-hydroxylation sites is 2. The molecule has 8 aromatic carbocycles. The molecule has 5 nitrogen and oxygen atoms in total. The van der Waals surface area contributed by atoms with Gasteiger partial charge in [-0.3, -0.25) is 4.57 Å². The van der Waals surface area contributed by atoms with E-state index in [0.29, 0.717) is 17.5 Å². The van der Waals surface area contributed by atoms with E-state index in [0.717, 1.165) is 51.2 Å². The van der Waals surface area contributed by atoms with Crippen molar-refractivity contribution >= 4 is 16.6 Å². The molecule has 0 bridgehead atoms. The molecule has 10 aromatic rings. The van der Waals surface area contributed by atoms with Crippen molar-refractivity contribution in [3.8, 4) is 73.2 Å². The van der Waals surface area contributed by atoms with Gasteiger partial charge in [0, 0.05) is 28.0 Å². The quantitative estimate of drug-likeness (QED) is 0.143. The highest BCUT2D eigenvalue weighted by Gasteiger charge is 2.51. The zero-order valence-corrected chi connectivity index (χ0v) is 36.2. The van der Waals surface area contributed by atoms with Gasteiger partial charge in [0.1, 0.15) is 5.82 Å². The SMILES string of the molecule is C/C=C(\C=C/CC)c1nc2ccccc2n1-c1cccc(-c2nc(-c3ccccc3)nc(-c3ccc4c(c3)C3(c5ccccc5-c5ccccc53)c3cc(-c5ccccc5)ccc3-4)n2)c1. The van der Waals surface area contributed by atoms with E-state index < -0.39 is 5.41 Å². The zero-order valence-electron chi connectivity index (χ0n) is 36.2. The third-order valence-corrected chi connectivity index (χ3v) is 13.1. The van der Waals surface area contributed by atoms with E-state index in [-0.39, 0.29) is 0 Å². The van der Waals surface area contributed by atoms with Crippen molar-refractivity contribution in [3.63, 3.8) is 0 Å². The Morgan fingerprint density at radius 3 is 1.65 bits per heavy atom. The van der Waals surface area contributed by atoms with Crippen LogP contribution in [-0.4, -0.2) is 24.5 Å². The highest BCUT2D eigenvalue weighted by Crippen LogP contribution is 2.63. The van der Waals surface area contributed by atoms with Gasteiger partial charge >= 0.3 is 0 Å². The van der Waals surface area contributed by atoms with E-state index in [4.69, 9.17) is 19.9 Å². The van der Waals surface area contributed by atoms with Crippen molar-refractivity contribution < 1.29 is 0 Å². The summed E-state index contributed by atoms with van der Waals surface area (Å²) in [6.07, 6.45) is 7.41. The van der Waals surface area contributed by atoms with Gasteiger partial charge in [-0.2, -0.15) is 0 Å². The smallest absolute Gasteiger partial charge is 0.164 e. The highest BCUT2D eigenvalue weighted by atomic mass is 15.1. The first-order valence-corrected chi connectivity index (χ1v) is 22.4. The summed E-state index contributed by atoms with van der Waals surface area (Å²) in [5, 5.41) is 0. The van der Waals surface area contributed by atoms with Crippen LogP contribution in [0.1, 0.15) is 48.3 Å². The molecule has 2 aromatic heterocycles. The molecule has 1 spiro atoms. The molecule has 2 aliphatic carbocycles. The minimum atomic E-state index is -0.547. The van der Waals surface area contributed by atoms with E-state index in [1.807, 2.05) is 24.3 Å². The van der Waals surface area contributed by atoms with Gasteiger partial charge in [0.2, 0.25) is 0 Å². The number of imidazole rings is 1. The Bertz CT molecular complexity index is 3500. The lowest BCUT2D eigenvalue weighted by atomic mass is 9.70. The van der Waals surface area contributed by atoms with Crippen LogP contribution in [0.4, 0.5) is 0 Å². The molecule has 0 saturated carbocycles. The number of aromatic nitrogens is 5. The van der Waals surface area contributed by atoms with Crippen LogP contribution in [0, 0.1) is 0 Å². The highest BCUT2D eigenvalue weighted by molar-refractivity contribution is 5.97. The average molecular weight is 834 g/mol. The van der Waals surface area contributed by atoms with E-state index >= 15 is 0 Å². The lowest BCUT2D eigenvalue weighted by Gasteiger charge is -2.31. The van der Waals surface area contributed by atoms with E-state index in [1.54, 1.807) is 0 Å². The monoisotopic (exact) mass is 833 g/mol. The lowest BCUT2D eigenvalue weighted by Crippen LogP contribution is -2.26. The van der Waals surface area contributed by atoms with Crippen LogP contribution in [0.5, 0.6) is 0 Å². The van der Waals surface area contributed by atoms with Crippen molar-refractivity contribution in [2.45, 2.75) is 25.7 Å². The first-order chi connectivity index (χ1) is 32.1. The van der Waals surface area contributed by atoms with Crippen LogP contribution in [0.15, 0.2) is 212 Å². The summed E-state index contributed by atoms with van der Waals surface area (Å²) in [4.78, 5) is 21.0. The van der Waals surface area contributed by atoms with Gasteiger partial charge in [-0.15, -0.1) is 0 Å². The topological polar surface area (TPSA) is 56.5 Å². The van der Waals surface area contributed by atoms with E-state index in [1.165, 1.54) is 55.6 Å².